The van der Waals surface area contributed by atoms with Gasteiger partial charge >= 0.3 is 0 Å². The molecule has 150 valence electrons. The molecule has 1 aromatic heterocycles. The molecule has 0 atom stereocenters. The molecule has 0 saturated heterocycles. The van der Waals surface area contributed by atoms with E-state index in [2.05, 4.69) is 4.72 Å². The highest BCUT2D eigenvalue weighted by atomic mass is 35.5. The molecule has 0 spiro atoms. The fraction of sp³-hybridized carbons (Fsp3) is 0.421. The molecule has 1 aliphatic heterocycles. The second-order valence-electron chi connectivity index (χ2n) is 7.21. The zero-order valence-electron chi connectivity index (χ0n) is 15.1. The number of fused-ring (bicyclic) bond motifs is 1. The molecule has 9 heteroatoms. The molecule has 1 fully saturated rings. The van der Waals surface area contributed by atoms with Gasteiger partial charge in [-0.05, 0) is 48.6 Å². The second kappa shape index (κ2) is 7.74. The molecule has 1 aromatic carbocycles. The van der Waals surface area contributed by atoms with Crippen molar-refractivity contribution in [3.63, 3.8) is 0 Å². The number of hydrogen-bond acceptors (Lipinski definition) is 4. The molecule has 2 aromatic rings. The number of amides is 1. The Kier molecular flexibility index (Phi) is 5.48. The predicted octanol–water partition coefficient (Wildman–Crippen LogP) is 3.70. The molecule has 2 heterocycles. The zero-order chi connectivity index (χ0) is 19.9. The van der Waals surface area contributed by atoms with Crippen molar-refractivity contribution in [3.8, 4) is 0 Å². The third-order valence-corrected chi connectivity index (χ3v) is 8.81. The molecular weight excluding hydrogens is 423 g/mol. The third-order valence-electron chi connectivity index (χ3n) is 5.34. The number of nitrogens with one attached hydrogen (secondary N) is 1. The van der Waals surface area contributed by atoms with Crippen molar-refractivity contribution < 1.29 is 17.6 Å². The van der Waals surface area contributed by atoms with E-state index in [1.54, 1.807) is 6.07 Å². The van der Waals surface area contributed by atoms with Crippen molar-refractivity contribution in [1.82, 2.24) is 9.62 Å². The number of nitrogens with zero attached hydrogens (tertiary/aromatic N) is 1. The van der Waals surface area contributed by atoms with E-state index < -0.39 is 15.8 Å². The fourth-order valence-electron chi connectivity index (χ4n) is 3.45. The lowest BCUT2D eigenvalue weighted by Crippen LogP contribution is -2.41. The summed E-state index contributed by atoms with van der Waals surface area (Å²) in [6.07, 6.45) is 3.71. The Hall–Kier alpha value is -1.48. The maximum atomic E-state index is 13.1. The molecule has 28 heavy (non-hydrogen) atoms. The van der Waals surface area contributed by atoms with E-state index in [0.29, 0.717) is 25.1 Å². The van der Waals surface area contributed by atoms with Gasteiger partial charge in [0.05, 0.1) is 0 Å². The van der Waals surface area contributed by atoms with Crippen LogP contribution in [0.4, 0.5) is 4.39 Å². The summed E-state index contributed by atoms with van der Waals surface area (Å²) in [5, 5.41) is 0.179. The highest BCUT2D eigenvalue weighted by molar-refractivity contribution is 7.91. The number of hydrogen-bond donors (Lipinski definition) is 1. The molecular formula is C19H20ClFN2O3S2. The Morgan fingerprint density at radius 3 is 2.79 bits per heavy atom. The van der Waals surface area contributed by atoms with E-state index in [4.69, 9.17) is 11.6 Å². The van der Waals surface area contributed by atoms with Gasteiger partial charge in [-0.1, -0.05) is 24.1 Å². The topological polar surface area (TPSA) is 66.5 Å². The molecule has 2 aliphatic rings. The van der Waals surface area contributed by atoms with Crippen LogP contribution in [0.2, 0.25) is 5.02 Å². The number of carbonyl (C=O) groups is 1. The first kappa shape index (κ1) is 19.8. The van der Waals surface area contributed by atoms with Crippen molar-refractivity contribution in [2.75, 3.05) is 6.54 Å². The summed E-state index contributed by atoms with van der Waals surface area (Å²) in [5.41, 5.74) is 1.41. The lowest BCUT2D eigenvalue weighted by Gasteiger charge is -2.33. The number of benzene rings is 1. The molecule has 5 nitrogen and oxygen atoms in total. The lowest BCUT2D eigenvalue weighted by molar-refractivity contribution is -0.139. The van der Waals surface area contributed by atoms with Crippen molar-refractivity contribution in [2.45, 2.75) is 43.0 Å². The average Bonchev–Trinajstić information content (AvgIpc) is 3.03. The van der Waals surface area contributed by atoms with Gasteiger partial charge in [-0.2, -0.15) is 0 Å². The minimum Gasteiger partial charge on any atom is -0.338 e. The van der Waals surface area contributed by atoms with Gasteiger partial charge in [0, 0.05) is 35.5 Å². The number of thiophene rings is 1. The summed E-state index contributed by atoms with van der Waals surface area (Å²) < 4.78 is 41.3. The van der Waals surface area contributed by atoms with E-state index in [0.717, 1.165) is 35.8 Å². The van der Waals surface area contributed by atoms with Crippen LogP contribution in [-0.4, -0.2) is 25.8 Å². The molecule has 1 amide bonds. The van der Waals surface area contributed by atoms with Gasteiger partial charge in [-0.3, -0.25) is 4.79 Å². The average molecular weight is 443 g/mol. The maximum absolute atomic E-state index is 13.1. The Morgan fingerprint density at radius 1 is 1.32 bits per heavy atom. The molecule has 4 rings (SSSR count). The van der Waals surface area contributed by atoms with E-state index in [1.807, 2.05) is 4.90 Å². The SMILES string of the molecule is O=C(C1CCC1)N1CCc2sc(S(=O)(=O)NCc3ccc(F)cc3Cl)cc2C1. The van der Waals surface area contributed by atoms with Gasteiger partial charge in [0.1, 0.15) is 10.0 Å². The highest BCUT2D eigenvalue weighted by Crippen LogP contribution is 2.34. The van der Waals surface area contributed by atoms with Crippen LogP contribution in [0.15, 0.2) is 28.5 Å². The zero-order valence-corrected chi connectivity index (χ0v) is 17.5. The van der Waals surface area contributed by atoms with Gasteiger partial charge in [-0.25, -0.2) is 17.5 Å². The van der Waals surface area contributed by atoms with Crippen LogP contribution in [0, 0.1) is 11.7 Å². The first-order valence-corrected chi connectivity index (χ1v) is 11.9. The number of carbonyl (C=O) groups excluding carboxylic acids is 1. The molecule has 0 bridgehead atoms. The summed E-state index contributed by atoms with van der Waals surface area (Å²) in [5.74, 6) is -0.134. The molecule has 1 N–H and O–H groups in total. The van der Waals surface area contributed by atoms with Crippen LogP contribution in [0.5, 0.6) is 0 Å². The van der Waals surface area contributed by atoms with Crippen LogP contribution in [0.25, 0.3) is 0 Å². The quantitative estimate of drug-likeness (QED) is 0.767. The first-order chi connectivity index (χ1) is 13.3. The first-order valence-electron chi connectivity index (χ1n) is 9.17. The number of rotatable bonds is 5. The van der Waals surface area contributed by atoms with Gasteiger partial charge in [0.2, 0.25) is 15.9 Å². The molecule has 1 saturated carbocycles. The smallest absolute Gasteiger partial charge is 0.250 e. The van der Waals surface area contributed by atoms with Crippen molar-refractivity contribution in [3.05, 3.63) is 51.1 Å². The maximum Gasteiger partial charge on any atom is 0.250 e. The van der Waals surface area contributed by atoms with Gasteiger partial charge in [0.25, 0.3) is 0 Å². The van der Waals surface area contributed by atoms with Crippen molar-refractivity contribution >= 4 is 38.9 Å². The summed E-state index contributed by atoms with van der Waals surface area (Å²) in [6, 6.07) is 5.52. The Balaban J connectivity index is 1.46. The fourth-order valence-corrected chi connectivity index (χ4v) is 6.28. The largest absolute Gasteiger partial charge is 0.338 e. The van der Waals surface area contributed by atoms with Crippen LogP contribution < -0.4 is 4.72 Å². The standard InChI is InChI=1S/C19H20ClFN2O3S2/c20-16-9-15(21)5-4-13(16)10-22-28(25,26)18-8-14-11-23(7-6-17(14)27-18)19(24)12-2-1-3-12/h4-5,8-9,12,22H,1-3,6-7,10-11H2. The predicted molar refractivity (Wildman–Crippen MR) is 106 cm³/mol. The molecule has 0 unspecified atom stereocenters. The van der Waals surface area contributed by atoms with Gasteiger partial charge < -0.3 is 4.90 Å². The summed E-state index contributed by atoms with van der Waals surface area (Å²) in [7, 11) is -3.71. The van der Waals surface area contributed by atoms with Crippen LogP contribution in [-0.2, 0) is 34.3 Å². The summed E-state index contributed by atoms with van der Waals surface area (Å²) >= 11 is 7.21. The van der Waals surface area contributed by atoms with Gasteiger partial charge in [-0.15, -0.1) is 11.3 Å². The van der Waals surface area contributed by atoms with Crippen molar-refractivity contribution in [1.29, 1.82) is 0 Å². The van der Waals surface area contributed by atoms with Crippen molar-refractivity contribution in [2.24, 2.45) is 5.92 Å². The normalized spacial score (nSPS) is 17.3. The van der Waals surface area contributed by atoms with E-state index >= 15 is 0 Å². The van der Waals surface area contributed by atoms with E-state index in [-0.39, 0.29) is 27.6 Å². The van der Waals surface area contributed by atoms with E-state index in [9.17, 15) is 17.6 Å². The third kappa shape index (κ3) is 3.96. The number of halogens is 2. The van der Waals surface area contributed by atoms with Crippen LogP contribution in [0.3, 0.4) is 0 Å². The number of sulfonamides is 1. The highest BCUT2D eigenvalue weighted by Gasteiger charge is 2.32. The minimum atomic E-state index is -3.71. The Morgan fingerprint density at radius 2 is 2.11 bits per heavy atom. The lowest BCUT2D eigenvalue weighted by atomic mass is 9.84. The molecule has 0 radical (unpaired) electrons. The summed E-state index contributed by atoms with van der Waals surface area (Å²) in [4.78, 5) is 15.3. The van der Waals surface area contributed by atoms with Crippen LogP contribution >= 0.6 is 22.9 Å². The monoisotopic (exact) mass is 442 g/mol. The Labute approximate surface area is 172 Å². The Bertz CT molecular complexity index is 1020. The van der Waals surface area contributed by atoms with Gasteiger partial charge in [0.15, 0.2) is 0 Å². The second-order valence-corrected chi connectivity index (χ2v) is 10.7. The van der Waals surface area contributed by atoms with Crippen LogP contribution in [0.1, 0.15) is 35.3 Å². The molecule has 1 aliphatic carbocycles. The minimum absolute atomic E-state index is 0.0176. The van der Waals surface area contributed by atoms with E-state index in [1.165, 1.54) is 23.5 Å². The summed E-state index contributed by atoms with van der Waals surface area (Å²) in [6.45, 7) is 1.09.